The first-order valence-electron chi connectivity index (χ1n) is 14.1. The molecule has 0 bridgehead atoms. The Morgan fingerprint density at radius 1 is 0.978 bits per heavy atom. The number of nitrogens with zero attached hydrogens (tertiary/aromatic N) is 2. The van der Waals surface area contributed by atoms with Crippen molar-refractivity contribution in [3.8, 4) is 0 Å². The molecule has 248 valence electrons. The zero-order chi connectivity index (χ0) is 33.6. The van der Waals surface area contributed by atoms with Crippen molar-refractivity contribution in [1.29, 1.82) is 0 Å². The first kappa shape index (κ1) is 34.9. The summed E-state index contributed by atoms with van der Waals surface area (Å²) in [6.45, 7) is -0.401. The van der Waals surface area contributed by atoms with Gasteiger partial charge in [-0.2, -0.15) is 26.3 Å². The number of likely N-dealkylation sites (N-methyl/N-ethyl adjacent to an activating group) is 1. The van der Waals surface area contributed by atoms with Crippen LogP contribution in [-0.4, -0.2) is 69.3 Å². The lowest BCUT2D eigenvalue weighted by Crippen LogP contribution is -2.58. The third kappa shape index (κ3) is 5.68. The van der Waals surface area contributed by atoms with Crippen molar-refractivity contribution in [3.63, 3.8) is 0 Å². The molecule has 0 spiro atoms. The zero-order valence-electron chi connectivity index (χ0n) is 24.0. The number of anilines is 1. The number of likely N-dealkylation sites (tertiary alicyclic amines) is 1. The molecule has 1 amide bonds. The Hall–Kier alpha value is -2.93. The molecule has 2 aromatic carbocycles. The molecule has 0 radical (unpaired) electrons. The average Bonchev–Trinajstić information content (AvgIpc) is 3.37. The highest BCUT2D eigenvalue weighted by molar-refractivity contribution is 7.92. The molecule has 3 unspecified atom stereocenters. The molecular weight excluding hydrogens is 652 g/mol. The third-order valence-corrected chi connectivity index (χ3v) is 12.0. The van der Waals surface area contributed by atoms with Gasteiger partial charge in [0.05, 0.1) is 10.9 Å². The van der Waals surface area contributed by atoms with E-state index in [0.717, 1.165) is 25.3 Å². The van der Waals surface area contributed by atoms with Gasteiger partial charge in [-0.05, 0) is 48.3 Å². The van der Waals surface area contributed by atoms with E-state index in [4.69, 9.17) is 9.90 Å². The number of carbonyl (C=O) groups excluding carboxylic acids is 1. The monoisotopic (exact) mass is 684 g/mol. The van der Waals surface area contributed by atoms with Crippen molar-refractivity contribution in [2.45, 2.75) is 72.2 Å². The number of fused-ring (bicyclic) bond motifs is 3. The number of benzene rings is 2. The topological polar surface area (TPSA) is 95.0 Å². The van der Waals surface area contributed by atoms with Crippen LogP contribution < -0.4 is 10.2 Å². The lowest BCUT2D eigenvalue weighted by Gasteiger charge is -2.47. The average molecular weight is 685 g/mol. The standard InChI is InChI=1S/C28H30F7N2O3PS.CH2O2/c1-36-16-23-25(42(39,40)20-10-8-19(41)9-11-20,13-14-37(23)24(38)17-5-3-2-4-6-17)21-12-7-18(15-22(21)36)26(29,27(30,31)32)28(33,34)35;2-1-3/h7-12,15,17,23H,2-6,13-14,16,41H2,1H3;1H,(H,2,3). The molecule has 1 saturated carbocycles. The summed E-state index contributed by atoms with van der Waals surface area (Å²) in [5.74, 6) is -0.504. The van der Waals surface area contributed by atoms with Crippen molar-refractivity contribution in [1.82, 2.24) is 4.90 Å². The lowest BCUT2D eigenvalue weighted by atomic mass is 9.82. The van der Waals surface area contributed by atoms with Crippen LogP contribution in [0.4, 0.5) is 36.4 Å². The van der Waals surface area contributed by atoms with Crippen molar-refractivity contribution >= 4 is 42.4 Å². The number of rotatable bonds is 4. The predicted molar refractivity (Wildman–Crippen MR) is 155 cm³/mol. The van der Waals surface area contributed by atoms with E-state index in [1.54, 1.807) is 12.1 Å². The maximum absolute atomic E-state index is 15.1. The molecule has 5 rings (SSSR count). The van der Waals surface area contributed by atoms with E-state index in [-0.39, 0.29) is 54.0 Å². The summed E-state index contributed by atoms with van der Waals surface area (Å²) in [6, 6.07) is 6.54. The van der Waals surface area contributed by atoms with Crippen LogP contribution in [0.3, 0.4) is 0 Å². The van der Waals surface area contributed by atoms with E-state index in [2.05, 4.69) is 9.24 Å². The van der Waals surface area contributed by atoms with Crippen molar-refractivity contribution in [3.05, 3.63) is 53.6 Å². The van der Waals surface area contributed by atoms with E-state index in [9.17, 15) is 39.6 Å². The number of halogens is 7. The van der Waals surface area contributed by atoms with Gasteiger partial charge >= 0.3 is 18.0 Å². The Bertz CT molecular complexity index is 1510. The van der Waals surface area contributed by atoms with Crippen molar-refractivity contribution in [2.75, 3.05) is 25.0 Å². The molecular formula is C29H32F7N2O5PS. The second-order valence-electron chi connectivity index (χ2n) is 11.5. The summed E-state index contributed by atoms with van der Waals surface area (Å²) in [7, 11) is -0.581. The summed E-state index contributed by atoms with van der Waals surface area (Å²) >= 11 is 0. The fraction of sp³-hybridized carbons (Fsp3) is 0.517. The molecule has 1 N–H and O–H groups in total. The quantitative estimate of drug-likeness (QED) is 0.261. The van der Waals surface area contributed by atoms with Crippen molar-refractivity contribution < 1.29 is 53.8 Å². The van der Waals surface area contributed by atoms with Gasteiger partial charge in [0.15, 0.2) is 9.84 Å². The highest BCUT2D eigenvalue weighted by Gasteiger charge is 2.74. The van der Waals surface area contributed by atoms with E-state index in [1.807, 2.05) is 0 Å². The highest BCUT2D eigenvalue weighted by Crippen LogP contribution is 2.57. The largest absolute Gasteiger partial charge is 0.483 e. The minimum absolute atomic E-state index is 0.0358. The Balaban J connectivity index is 0.00000148. The molecule has 0 aromatic heterocycles. The smallest absolute Gasteiger partial charge is 0.435 e. The Kier molecular flexibility index (Phi) is 9.59. The van der Waals surface area contributed by atoms with E-state index >= 15 is 4.39 Å². The molecule has 1 saturated heterocycles. The molecule has 2 fully saturated rings. The van der Waals surface area contributed by atoms with Crippen LogP contribution in [0, 0.1) is 5.92 Å². The minimum atomic E-state index is -6.32. The summed E-state index contributed by atoms with van der Waals surface area (Å²) < 4.78 is 124. The summed E-state index contributed by atoms with van der Waals surface area (Å²) in [4.78, 5) is 24.8. The number of alkyl halides is 7. The van der Waals surface area contributed by atoms with Crippen LogP contribution in [0.15, 0.2) is 47.4 Å². The summed E-state index contributed by atoms with van der Waals surface area (Å²) in [6.07, 6.45) is -8.77. The van der Waals surface area contributed by atoms with Gasteiger partial charge in [-0.25, -0.2) is 12.8 Å². The van der Waals surface area contributed by atoms with E-state index in [1.165, 1.54) is 29.0 Å². The Morgan fingerprint density at radius 3 is 2.07 bits per heavy atom. The van der Waals surface area contributed by atoms with E-state index in [0.29, 0.717) is 30.3 Å². The number of carboxylic acid groups (broad SMARTS) is 1. The van der Waals surface area contributed by atoms with Crippen LogP contribution in [-0.2, 0) is 29.8 Å². The molecule has 16 heteroatoms. The Morgan fingerprint density at radius 2 is 1.53 bits per heavy atom. The number of hydrogen-bond donors (Lipinski definition) is 1. The SMILES string of the molecule is CN1CC2N(C(=O)C3CCCCC3)CCC2(S(=O)(=O)c2ccc(P)cc2)c2ccc(C(F)(C(F)(F)F)C(F)(F)F)cc21.O=CO. The van der Waals surface area contributed by atoms with Crippen LogP contribution in [0.2, 0.25) is 0 Å². The Labute approximate surface area is 257 Å². The molecule has 2 heterocycles. The van der Waals surface area contributed by atoms with Gasteiger partial charge in [-0.3, -0.25) is 9.59 Å². The van der Waals surface area contributed by atoms with Crippen LogP contribution >= 0.6 is 9.24 Å². The second-order valence-corrected chi connectivity index (χ2v) is 14.3. The zero-order valence-corrected chi connectivity index (χ0v) is 26.0. The lowest BCUT2D eigenvalue weighted by molar-refractivity contribution is -0.348. The number of hydrogen-bond acceptors (Lipinski definition) is 5. The number of amides is 1. The maximum Gasteiger partial charge on any atom is 0.435 e. The van der Waals surface area contributed by atoms with Crippen molar-refractivity contribution in [2.24, 2.45) is 5.92 Å². The fourth-order valence-electron chi connectivity index (χ4n) is 6.85. The van der Waals surface area contributed by atoms with Gasteiger partial charge in [0, 0.05) is 37.3 Å². The van der Waals surface area contributed by atoms with Crippen LogP contribution in [0.5, 0.6) is 0 Å². The molecule has 2 aliphatic heterocycles. The van der Waals surface area contributed by atoms with Crippen LogP contribution in [0.1, 0.15) is 49.7 Å². The van der Waals surface area contributed by atoms with E-state index < -0.39 is 44.2 Å². The van der Waals surface area contributed by atoms with Gasteiger partial charge in [-0.1, -0.05) is 43.5 Å². The third-order valence-electron chi connectivity index (χ3n) is 9.04. The molecule has 45 heavy (non-hydrogen) atoms. The maximum atomic E-state index is 15.1. The minimum Gasteiger partial charge on any atom is -0.483 e. The molecule has 3 atom stereocenters. The predicted octanol–water partition coefficient (Wildman–Crippen LogP) is 5.48. The first-order chi connectivity index (χ1) is 20.9. The summed E-state index contributed by atoms with van der Waals surface area (Å²) in [5, 5.41) is 7.58. The van der Waals surface area contributed by atoms with Gasteiger partial charge in [0.2, 0.25) is 5.91 Å². The van der Waals surface area contributed by atoms with Gasteiger partial charge < -0.3 is 14.9 Å². The second kappa shape index (κ2) is 12.4. The van der Waals surface area contributed by atoms with Gasteiger partial charge in [0.25, 0.3) is 6.47 Å². The first-order valence-corrected chi connectivity index (χ1v) is 16.1. The molecule has 7 nitrogen and oxygen atoms in total. The summed E-state index contributed by atoms with van der Waals surface area (Å²) in [5.41, 5.74) is -7.70. The molecule has 2 aromatic rings. The fourth-order valence-corrected chi connectivity index (χ4v) is 9.34. The highest BCUT2D eigenvalue weighted by atomic mass is 32.2. The van der Waals surface area contributed by atoms with Gasteiger partial charge in [-0.15, -0.1) is 9.24 Å². The van der Waals surface area contributed by atoms with Gasteiger partial charge in [0.1, 0.15) is 4.75 Å². The normalized spacial score (nSPS) is 22.6. The number of carbonyl (C=O) groups is 2. The molecule has 3 aliphatic rings. The van der Waals surface area contributed by atoms with Crippen LogP contribution in [0.25, 0.3) is 0 Å². The molecule has 1 aliphatic carbocycles. The number of sulfone groups is 1.